The summed E-state index contributed by atoms with van der Waals surface area (Å²) in [6, 6.07) is 37.8. The van der Waals surface area contributed by atoms with Crippen LogP contribution in [0.2, 0.25) is 0 Å². The van der Waals surface area contributed by atoms with Crippen molar-refractivity contribution in [2.45, 2.75) is 82.7 Å². The summed E-state index contributed by atoms with van der Waals surface area (Å²) in [7, 11) is 3.48. The lowest BCUT2D eigenvalue weighted by atomic mass is 9.94. The molecule has 0 spiro atoms. The van der Waals surface area contributed by atoms with Crippen LogP contribution in [0.15, 0.2) is 210 Å². The summed E-state index contributed by atoms with van der Waals surface area (Å²) in [6.45, 7) is 22.3. The lowest BCUT2D eigenvalue weighted by Crippen LogP contribution is -2.61. The minimum Gasteiger partial charge on any atom is -0.496 e. The average Bonchev–Trinajstić information content (AvgIpc) is 1.57. The van der Waals surface area contributed by atoms with Crippen LogP contribution in [0, 0.1) is 22.2 Å². The molecule has 1 atom stereocenters. The zero-order valence-electron chi connectivity index (χ0n) is 66.8. The van der Waals surface area contributed by atoms with Crippen molar-refractivity contribution in [3.63, 3.8) is 0 Å². The molecule has 0 radical (unpaired) electrons. The molecule has 11 aromatic rings. The van der Waals surface area contributed by atoms with E-state index in [4.69, 9.17) is 9.47 Å². The van der Waals surface area contributed by atoms with E-state index >= 15 is 0 Å². The second-order valence-electron chi connectivity index (χ2n) is 30.7. The number of nitrogens with one attached hydrogen (secondary N) is 1. The summed E-state index contributed by atoms with van der Waals surface area (Å²) in [5.74, 6) is 0.860. The van der Waals surface area contributed by atoms with Crippen LogP contribution in [-0.2, 0) is 77.1 Å². The molecule has 1 N–H and O–H groups in total. The number of Topliss-reactive ketones (excluding diaryl/α,β-unsaturated/α-hetero) is 1. The Hall–Kier alpha value is -11.2. The number of halogens is 8. The molecule has 5 fully saturated rings. The van der Waals surface area contributed by atoms with E-state index in [1.54, 1.807) is 61.6 Å². The van der Waals surface area contributed by atoms with E-state index in [9.17, 15) is 60.7 Å². The third kappa shape index (κ3) is 18.6. The van der Waals surface area contributed by atoms with Crippen LogP contribution in [0.25, 0.3) is 54.6 Å². The minimum absolute atomic E-state index is 0.00639. The first-order valence-corrected chi connectivity index (χ1v) is 42.8. The molecular formula is C90H85Br3F4IN13O11. The maximum absolute atomic E-state index is 14.1. The smallest absolute Gasteiger partial charge is 0.416 e. The van der Waals surface area contributed by atoms with Crippen molar-refractivity contribution in [2.75, 3.05) is 79.6 Å². The van der Waals surface area contributed by atoms with Gasteiger partial charge in [-0.1, -0.05) is 86.2 Å². The summed E-state index contributed by atoms with van der Waals surface area (Å²) in [5.41, 5.74) is 6.99. The molecule has 24 nitrogen and oxygen atoms in total. The predicted molar refractivity (Wildman–Crippen MR) is 474 cm³/mol. The van der Waals surface area contributed by atoms with E-state index in [2.05, 4.69) is 124 Å². The number of amides is 8. The molecule has 6 aliphatic rings. The number of methoxy groups -OCH3 is 1. The van der Waals surface area contributed by atoms with E-state index in [1.807, 2.05) is 98.8 Å². The first kappa shape index (κ1) is 87.1. The van der Waals surface area contributed by atoms with Crippen molar-refractivity contribution in [3.05, 3.63) is 247 Å². The fourth-order valence-corrected chi connectivity index (χ4v) is 18.3. The molecule has 632 valence electrons. The summed E-state index contributed by atoms with van der Waals surface area (Å²) in [6.07, 6.45) is 6.12. The summed E-state index contributed by atoms with van der Waals surface area (Å²) in [4.78, 5) is 129. The second-order valence-corrected chi connectivity index (χ2v) is 34.6. The molecule has 0 bridgehead atoms. The Morgan fingerprint density at radius 3 is 1.90 bits per heavy atom. The number of benzene rings is 6. The van der Waals surface area contributed by atoms with Crippen LogP contribution >= 0.6 is 70.4 Å². The van der Waals surface area contributed by atoms with Crippen LogP contribution in [0.1, 0.15) is 51.6 Å². The monoisotopic (exact) mass is 1960 g/mol. The molecule has 122 heavy (non-hydrogen) atoms. The number of ether oxygens (including phenoxy) is 2. The third-order valence-corrected chi connectivity index (χ3v) is 25.3. The van der Waals surface area contributed by atoms with Gasteiger partial charge < -0.3 is 67.4 Å². The van der Waals surface area contributed by atoms with Gasteiger partial charge in [0.25, 0.3) is 5.91 Å². The number of likely N-dealkylation sites (tertiary alicyclic amines) is 5. The number of pyridine rings is 1. The van der Waals surface area contributed by atoms with Crippen LogP contribution in [-0.4, -0.2) is 208 Å². The van der Waals surface area contributed by atoms with Crippen LogP contribution in [0.5, 0.6) is 17.4 Å². The van der Waals surface area contributed by atoms with Gasteiger partial charge in [0.05, 0.1) is 48.4 Å². The highest BCUT2D eigenvalue weighted by atomic mass is 127. The summed E-state index contributed by atoms with van der Waals surface area (Å²) >= 11 is 12.9. The van der Waals surface area contributed by atoms with Gasteiger partial charge in [-0.25, -0.2) is 4.39 Å². The number of fused-ring (bicyclic) bond motifs is 7. The molecule has 11 heterocycles. The number of rotatable bonds is 20. The van der Waals surface area contributed by atoms with Gasteiger partial charge in [-0.15, -0.1) is 0 Å². The van der Waals surface area contributed by atoms with Gasteiger partial charge in [0, 0.05) is 182 Å². The first-order valence-electron chi connectivity index (χ1n) is 39.3. The molecule has 17 rings (SSSR count). The van der Waals surface area contributed by atoms with Crippen molar-refractivity contribution < 1.29 is 70.2 Å². The van der Waals surface area contributed by atoms with Gasteiger partial charge in [-0.05, 0) is 187 Å². The average molecular weight is 1970 g/mol. The first-order chi connectivity index (χ1) is 58.4. The maximum Gasteiger partial charge on any atom is 0.416 e. The SMILES string of the molecule is C=CC(=O)N1CC(CC(=O)Cn2ccc3cc(C(F)(F)F)ccc32)C1.C=CC(=O)N1CC(N(C)C(=O)Cn2cc(I)c3cc(Br)ccc32)C1.C=CC(=O)N1CC(N2CCC(n3c(C)c(C(=O)N4CCc5c(cccc5OC)C4)c4cc(Br)ccc43)C2=O)C1.C=CC(=O)N1CC(NC(=O)Cn2c3ccc(Br)cc3c3ccc(Oc4ccc(F)cc4)nc32)C1. The molecular weight excluding hydrogens is 1880 g/mol. The Bertz CT molecular complexity index is 6040. The molecule has 32 heteroatoms. The lowest BCUT2D eigenvalue weighted by molar-refractivity contribution is -0.142. The molecule has 1 unspecified atom stereocenters. The second kappa shape index (κ2) is 36.8. The van der Waals surface area contributed by atoms with E-state index in [0.29, 0.717) is 125 Å². The van der Waals surface area contributed by atoms with Crippen LogP contribution in [0.3, 0.4) is 0 Å². The highest BCUT2D eigenvalue weighted by Crippen LogP contribution is 2.41. The molecule has 5 aromatic heterocycles. The molecule has 0 aliphatic carbocycles. The van der Waals surface area contributed by atoms with E-state index < -0.39 is 11.7 Å². The molecule has 6 aromatic carbocycles. The number of hydrogen-bond donors (Lipinski definition) is 1. The number of carbonyl (C=O) groups is 9. The van der Waals surface area contributed by atoms with Crippen molar-refractivity contribution in [1.82, 2.24) is 62.9 Å². The number of alkyl halides is 3. The number of ketones is 1. The highest BCUT2D eigenvalue weighted by Gasteiger charge is 2.45. The zero-order chi connectivity index (χ0) is 86.9. The molecule has 0 saturated carbocycles. The van der Waals surface area contributed by atoms with Crippen LogP contribution in [0.4, 0.5) is 17.6 Å². The predicted octanol–water partition coefficient (Wildman–Crippen LogP) is 14.6. The van der Waals surface area contributed by atoms with Crippen LogP contribution < -0.4 is 14.8 Å². The fraction of sp³-hybridized carbons (Fsp3) is 0.289. The fourth-order valence-electron chi connectivity index (χ4n) is 16.4. The third-order valence-electron chi connectivity index (χ3n) is 23.0. The minimum atomic E-state index is -4.38. The van der Waals surface area contributed by atoms with Gasteiger partial charge in [0.15, 0.2) is 5.78 Å². The van der Waals surface area contributed by atoms with Gasteiger partial charge in [0.2, 0.25) is 47.2 Å². The number of carbonyl (C=O) groups excluding carboxylic acids is 9. The summed E-state index contributed by atoms with van der Waals surface area (Å²) in [5, 5.41) is 7.23. The van der Waals surface area contributed by atoms with Gasteiger partial charge >= 0.3 is 6.18 Å². The number of likely N-dealkylation sites (N-methyl/N-ethyl adjacent to an activating group) is 1. The highest BCUT2D eigenvalue weighted by molar-refractivity contribution is 14.1. The Balaban J connectivity index is 0.000000136. The molecule has 8 amide bonds. The normalized spacial score (nSPS) is 16.0. The van der Waals surface area contributed by atoms with E-state index in [0.717, 1.165) is 96.2 Å². The van der Waals surface area contributed by atoms with Crippen molar-refractivity contribution >= 4 is 178 Å². The Kier molecular flexibility index (Phi) is 26.3. The Morgan fingerprint density at radius 1 is 0.648 bits per heavy atom. The quantitative estimate of drug-likeness (QED) is 0.0426. The Morgan fingerprint density at radius 2 is 1.25 bits per heavy atom. The van der Waals surface area contributed by atoms with E-state index in [-0.39, 0.29) is 102 Å². The zero-order valence-corrected chi connectivity index (χ0v) is 73.7. The Labute approximate surface area is 738 Å². The molecule has 6 aliphatic heterocycles. The maximum atomic E-state index is 14.1. The number of aromatic nitrogens is 5. The van der Waals surface area contributed by atoms with Gasteiger partial charge in [0.1, 0.15) is 42.1 Å². The number of hydrogen-bond acceptors (Lipinski definition) is 12. The largest absolute Gasteiger partial charge is 0.496 e. The molecule has 5 saturated heterocycles. The van der Waals surface area contributed by atoms with Gasteiger partial charge in [-0.2, -0.15) is 18.2 Å². The number of nitrogens with zero attached hydrogens (tertiary/aromatic N) is 12. The van der Waals surface area contributed by atoms with Crippen molar-refractivity contribution in [3.8, 4) is 17.4 Å². The topological polar surface area (TPSA) is 239 Å². The van der Waals surface area contributed by atoms with Crippen molar-refractivity contribution in [1.29, 1.82) is 0 Å². The standard InChI is InChI=1S/C30H31BrN4O4.C25H20BrFN4O3.C18H17F3N2O2.C17H17BrIN3O2/c1-4-27(36)33-16-21(17-33)34-13-11-25(29(34)37)35-18(2)28(23-14-20(31)8-9-24(23)35)30(38)32-12-10-22-19(15-32)6-5-7-26(22)39-3;1-2-24(33)30-12-17(13-30)28-22(32)14-31-21-9-3-15(26)11-20(21)19-8-10-23(29-25(19)31)34-18-6-4-16(27)5-7-18;1-2-17(25)23-9-12(10-23)7-15(24)11-22-6-5-13-8-14(18(19,20)21)3-4-16(13)22;1-3-16(23)22-7-12(8-22)20(2)17(24)10-21-9-14(19)13-6-11(18)4-5-15(13)21/h4-9,14,21,25H,1,10-13,15-17H2,2-3H3;2-11,17H,1,12-14H2,(H,28,32);2-6,8,12H,1,7,9-11H2;3-6,9,12H,1,7-8,10H2,2H3. The van der Waals surface area contributed by atoms with Gasteiger partial charge in [-0.3, -0.25) is 43.2 Å². The van der Waals surface area contributed by atoms with E-state index in [1.165, 1.54) is 54.6 Å². The van der Waals surface area contributed by atoms with Crippen molar-refractivity contribution in [2.24, 2.45) is 5.92 Å². The lowest BCUT2D eigenvalue weighted by Gasteiger charge is -2.43. The summed E-state index contributed by atoms with van der Waals surface area (Å²) < 4.78 is 74.3.